The smallest absolute Gasteiger partial charge is 0.341 e. The fourth-order valence-corrected chi connectivity index (χ4v) is 2.66. The first-order valence-corrected chi connectivity index (χ1v) is 9.55. The number of benzene rings is 2. The molecule has 26 heavy (non-hydrogen) atoms. The maximum Gasteiger partial charge on any atom is 0.341 e. The zero-order chi connectivity index (χ0) is 19.2. The van der Waals surface area contributed by atoms with E-state index in [2.05, 4.69) is 5.16 Å². The van der Waals surface area contributed by atoms with Gasteiger partial charge in [0.25, 0.3) is 0 Å². The molecule has 0 spiro atoms. The first-order valence-electron chi connectivity index (χ1n) is 7.66. The molecule has 0 saturated heterocycles. The van der Waals surface area contributed by atoms with Crippen LogP contribution in [0.5, 0.6) is 5.75 Å². The molecule has 0 saturated carbocycles. The predicted octanol–water partition coefficient (Wildman–Crippen LogP) is 2.49. The molecule has 0 amide bonds. The number of sulfone groups is 1. The molecular formula is C18H19NO6S. The largest absolute Gasteiger partial charge is 0.482 e. The first-order chi connectivity index (χ1) is 12.3. The van der Waals surface area contributed by atoms with E-state index in [-0.39, 0.29) is 11.5 Å². The van der Waals surface area contributed by atoms with Gasteiger partial charge in [-0.05, 0) is 54.4 Å². The SMILES string of the molecule is C/C(=N\OCc1ccc(S(C)(=O)=O)cc1)c1ccc(OCC(=O)O)cc1. The van der Waals surface area contributed by atoms with Crippen LogP contribution in [-0.2, 0) is 26.1 Å². The van der Waals surface area contributed by atoms with Gasteiger partial charge in [-0.1, -0.05) is 17.3 Å². The highest BCUT2D eigenvalue weighted by atomic mass is 32.2. The van der Waals surface area contributed by atoms with Crippen molar-refractivity contribution in [1.29, 1.82) is 0 Å². The van der Waals surface area contributed by atoms with E-state index < -0.39 is 22.4 Å². The molecule has 8 heteroatoms. The molecule has 0 aliphatic heterocycles. The monoisotopic (exact) mass is 377 g/mol. The van der Waals surface area contributed by atoms with Crippen molar-refractivity contribution in [3.05, 3.63) is 59.7 Å². The second kappa shape index (κ2) is 8.48. The molecule has 0 unspecified atom stereocenters. The molecule has 0 aliphatic carbocycles. The summed E-state index contributed by atoms with van der Waals surface area (Å²) < 4.78 is 27.9. The van der Waals surface area contributed by atoms with Crippen LogP contribution in [0.1, 0.15) is 18.1 Å². The summed E-state index contributed by atoms with van der Waals surface area (Å²) in [6, 6.07) is 13.2. The molecule has 138 valence electrons. The van der Waals surface area contributed by atoms with Gasteiger partial charge in [0, 0.05) is 6.26 Å². The summed E-state index contributed by atoms with van der Waals surface area (Å²) >= 11 is 0. The standard InChI is InChI=1S/C18H19NO6S/c1-13(15-5-7-16(8-6-15)24-12-18(20)21)19-25-11-14-3-9-17(10-4-14)26(2,22)23/h3-10H,11-12H2,1-2H3,(H,20,21)/b19-13+. The molecule has 0 radical (unpaired) electrons. The van der Waals surface area contributed by atoms with E-state index in [9.17, 15) is 13.2 Å². The van der Waals surface area contributed by atoms with E-state index in [1.54, 1.807) is 43.3 Å². The Kier molecular flexibility index (Phi) is 6.35. The van der Waals surface area contributed by atoms with Crippen molar-refractivity contribution in [1.82, 2.24) is 0 Å². The van der Waals surface area contributed by atoms with Gasteiger partial charge in [-0.15, -0.1) is 0 Å². The summed E-state index contributed by atoms with van der Waals surface area (Å²) in [5.41, 5.74) is 2.24. The zero-order valence-electron chi connectivity index (χ0n) is 14.4. The molecule has 0 atom stereocenters. The Bertz CT molecular complexity index is 886. The van der Waals surface area contributed by atoms with Crippen molar-refractivity contribution in [3.63, 3.8) is 0 Å². The van der Waals surface area contributed by atoms with Gasteiger partial charge in [-0.25, -0.2) is 13.2 Å². The molecule has 1 N–H and O–H groups in total. The van der Waals surface area contributed by atoms with Crippen molar-refractivity contribution in [2.24, 2.45) is 5.16 Å². The molecule has 0 aliphatic rings. The van der Waals surface area contributed by atoms with Gasteiger partial charge < -0.3 is 14.7 Å². The molecule has 2 aromatic rings. The minimum Gasteiger partial charge on any atom is -0.482 e. The van der Waals surface area contributed by atoms with Gasteiger partial charge in [0.2, 0.25) is 0 Å². The number of carboxylic acid groups (broad SMARTS) is 1. The summed E-state index contributed by atoms with van der Waals surface area (Å²) in [6.07, 6.45) is 1.16. The minimum atomic E-state index is -3.21. The lowest BCUT2D eigenvalue weighted by molar-refractivity contribution is -0.139. The Morgan fingerprint density at radius 2 is 1.69 bits per heavy atom. The molecular weight excluding hydrogens is 358 g/mol. The number of hydrogen-bond donors (Lipinski definition) is 1. The number of aliphatic carboxylic acids is 1. The number of nitrogens with zero attached hydrogens (tertiary/aromatic N) is 1. The first kappa shape index (κ1) is 19.5. The quantitative estimate of drug-likeness (QED) is 0.560. The molecule has 2 rings (SSSR count). The van der Waals surface area contributed by atoms with Crippen molar-refractivity contribution in [2.75, 3.05) is 12.9 Å². The topological polar surface area (TPSA) is 102 Å². The maximum atomic E-state index is 11.4. The third kappa shape index (κ3) is 5.89. The summed E-state index contributed by atoms with van der Waals surface area (Å²) in [6.45, 7) is 1.59. The van der Waals surface area contributed by atoms with Crippen LogP contribution in [0.25, 0.3) is 0 Å². The highest BCUT2D eigenvalue weighted by Crippen LogP contribution is 2.14. The van der Waals surface area contributed by atoms with E-state index >= 15 is 0 Å². The van der Waals surface area contributed by atoms with Gasteiger partial charge in [0.05, 0.1) is 10.6 Å². The fraction of sp³-hybridized carbons (Fsp3) is 0.222. The predicted molar refractivity (Wildman–Crippen MR) is 96.1 cm³/mol. The van der Waals surface area contributed by atoms with Gasteiger partial charge in [-0.2, -0.15) is 0 Å². The van der Waals surface area contributed by atoms with Crippen LogP contribution in [0, 0.1) is 0 Å². The average Bonchev–Trinajstić information content (AvgIpc) is 2.60. The van der Waals surface area contributed by atoms with E-state index in [0.717, 1.165) is 17.4 Å². The highest BCUT2D eigenvalue weighted by molar-refractivity contribution is 7.90. The second-order valence-electron chi connectivity index (χ2n) is 5.57. The van der Waals surface area contributed by atoms with Gasteiger partial charge >= 0.3 is 5.97 Å². The van der Waals surface area contributed by atoms with Crippen LogP contribution in [0.15, 0.2) is 58.6 Å². The number of carbonyl (C=O) groups is 1. The number of rotatable bonds is 8. The van der Waals surface area contributed by atoms with Crippen LogP contribution in [0.3, 0.4) is 0 Å². The van der Waals surface area contributed by atoms with E-state index in [1.165, 1.54) is 12.1 Å². The molecule has 0 heterocycles. The van der Waals surface area contributed by atoms with Gasteiger partial charge in [0.1, 0.15) is 12.4 Å². The highest BCUT2D eigenvalue weighted by Gasteiger charge is 2.06. The Balaban J connectivity index is 1.92. The Morgan fingerprint density at radius 3 is 2.23 bits per heavy atom. The third-order valence-corrected chi connectivity index (χ3v) is 4.55. The van der Waals surface area contributed by atoms with Crippen molar-refractivity contribution < 1.29 is 27.9 Å². The summed E-state index contributed by atoms with van der Waals surface area (Å²) in [5, 5.41) is 12.6. The number of ether oxygens (including phenoxy) is 1. The maximum absolute atomic E-state index is 11.4. The Morgan fingerprint density at radius 1 is 1.08 bits per heavy atom. The van der Waals surface area contributed by atoms with Crippen LogP contribution in [-0.4, -0.2) is 38.1 Å². The normalized spacial score (nSPS) is 11.8. The fourth-order valence-electron chi connectivity index (χ4n) is 2.03. The molecule has 2 aromatic carbocycles. The van der Waals surface area contributed by atoms with E-state index in [4.69, 9.17) is 14.7 Å². The zero-order valence-corrected chi connectivity index (χ0v) is 15.2. The Hall–Kier alpha value is -2.87. The van der Waals surface area contributed by atoms with E-state index in [1.807, 2.05) is 0 Å². The summed E-state index contributed by atoms with van der Waals surface area (Å²) in [4.78, 5) is 16.0. The van der Waals surface area contributed by atoms with Gasteiger partial charge in [0.15, 0.2) is 16.4 Å². The van der Waals surface area contributed by atoms with Crippen LogP contribution in [0.4, 0.5) is 0 Å². The van der Waals surface area contributed by atoms with Crippen LogP contribution < -0.4 is 4.74 Å². The summed E-state index contributed by atoms with van der Waals surface area (Å²) in [5.74, 6) is -0.583. The number of hydrogen-bond acceptors (Lipinski definition) is 6. The van der Waals surface area contributed by atoms with Crippen molar-refractivity contribution in [2.45, 2.75) is 18.4 Å². The lowest BCUT2D eigenvalue weighted by Crippen LogP contribution is -2.09. The van der Waals surface area contributed by atoms with Gasteiger partial charge in [-0.3, -0.25) is 0 Å². The van der Waals surface area contributed by atoms with E-state index in [0.29, 0.717) is 11.5 Å². The van der Waals surface area contributed by atoms with Crippen LogP contribution >= 0.6 is 0 Å². The molecule has 7 nitrogen and oxygen atoms in total. The average molecular weight is 377 g/mol. The van der Waals surface area contributed by atoms with Crippen LogP contribution in [0.2, 0.25) is 0 Å². The third-order valence-electron chi connectivity index (χ3n) is 3.42. The number of carboxylic acids is 1. The lowest BCUT2D eigenvalue weighted by Gasteiger charge is -2.06. The number of oxime groups is 1. The lowest BCUT2D eigenvalue weighted by atomic mass is 10.1. The van der Waals surface area contributed by atoms with Crippen molar-refractivity contribution >= 4 is 21.5 Å². The Labute approximate surface area is 151 Å². The minimum absolute atomic E-state index is 0.210. The molecule has 0 aromatic heterocycles. The molecule has 0 bridgehead atoms. The second-order valence-corrected chi connectivity index (χ2v) is 7.59. The van der Waals surface area contributed by atoms with Crippen molar-refractivity contribution in [3.8, 4) is 5.75 Å². The molecule has 0 fully saturated rings. The summed E-state index contributed by atoms with van der Waals surface area (Å²) in [7, 11) is -3.21.